The highest BCUT2D eigenvalue weighted by molar-refractivity contribution is 6.34. The summed E-state index contributed by atoms with van der Waals surface area (Å²) in [5.74, 6) is -0.668. The van der Waals surface area contributed by atoms with Crippen LogP contribution in [0.15, 0.2) is 47.0 Å². The van der Waals surface area contributed by atoms with Gasteiger partial charge in [-0.2, -0.15) is 0 Å². The minimum absolute atomic E-state index is 0.141. The number of carbonyl (C=O) groups is 3. The van der Waals surface area contributed by atoms with Gasteiger partial charge >= 0.3 is 6.09 Å². The van der Waals surface area contributed by atoms with E-state index in [1.165, 1.54) is 0 Å². The van der Waals surface area contributed by atoms with Crippen LogP contribution in [0, 0.1) is 0 Å². The number of fused-ring (bicyclic) bond motifs is 2. The zero-order chi connectivity index (χ0) is 20.1. The third-order valence-electron chi connectivity index (χ3n) is 4.13. The lowest BCUT2D eigenvalue weighted by Gasteiger charge is -2.19. The molecular weight excluding hydrogens is 362 g/mol. The Kier molecular flexibility index (Phi) is 3.92. The first-order valence-corrected chi connectivity index (χ1v) is 8.62. The van der Waals surface area contributed by atoms with Crippen molar-refractivity contribution >= 4 is 40.4 Å². The van der Waals surface area contributed by atoms with Gasteiger partial charge in [0.1, 0.15) is 5.60 Å². The van der Waals surface area contributed by atoms with E-state index < -0.39 is 23.5 Å². The van der Waals surface area contributed by atoms with Crippen LogP contribution in [0.2, 0.25) is 0 Å². The van der Waals surface area contributed by atoms with Crippen molar-refractivity contribution in [1.29, 1.82) is 0 Å². The summed E-state index contributed by atoms with van der Waals surface area (Å²) in [4.78, 5) is 38.5. The molecule has 0 atom stereocenters. The molecule has 0 spiro atoms. The van der Waals surface area contributed by atoms with E-state index in [1.54, 1.807) is 63.2 Å². The first-order valence-electron chi connectivity index (χ1n) is 8.62. The summed E-state index contributed by atoms with van der Waals surface area (Å²) in [6.07, 6.45) is -0.686. The third-order valence-corrected chi connectivity index (χ3v) is 4.13. The van der Waals surface area contributed by atoms with Crippen LogP contribution in [0.1, 0.15) is 41.5 Å². The summed E-state index contributed by atoms with van der Waals surface area (Å²) in [6, 6.07) is 11.4. The standard InChI is InChI=1S/C20H17N3O5/c1-20(2,3)27-19(26)21-16-14-10-11(8-9-15(14)28-22-16)23-17(24)12-6-4-5-7-13(12)18(23)25/h4-10H,1-3H3,(H,21,22,26). The minimum atomic E-state index is -0.686. The average molecular weight is 379 g/mol. The van der Waals surface area contributed by atoms with E-state index in [0.29, 0.717) is 27.8 Å². The first-order chi connectivity index (χ1) is 13.2. The molecule has 3 amide bonds. The van der Waals surface area contributed by atoms with Gasteiger partial charge in [0, 0.05) is 0 Å². The fourth-order valence-corrected chi connectivity index (χ4v) is 2.98. The van der Waals surface area contributed by atoms with Crippen LogP contribution in [0.4, 0.5) is 16.3 Å². The molecule has 0 bridgehead atoms. The molecule has 1 aromatic heterocycles. The first kappa shape index (κ1) is 17.7. The summed E-state index contributed by atoms with van der Waals surface area (Å²) in [7, 11) is 0. The molecule has 142 valence electrons. The molecule has 1 aliphatic heterocycles. The van der Waals surface area contributed by atoms with E-state index in [2.05, 4.69) is 10.5 Å². The lowest BCUT2D eigenvalue weighted by atomic mass is 10.1. The van der Waals surface area contributed by atoms with Crippen molar-refractivity contribution in [1.82, 2.24) is 5.16 Å². The topological polar surface area (TPSA) is 102 Å². The van der Waals surface area contributed by atoms with E-state index in [9.17, 15) is 14.4 Å². The van der Waals surface area contributed by atoms with Crippen LogP contribution in [0.5, 0.6) is 0 Å². The number of carbonyl (C=O) groups excluding carboxylic acids is 3. The maximum Gasteiger partial charge on any atom is 0.413 e. The van der Waals surface area contributed by atoms with Crippen molar-refractivity contribution in [2.75, 3.05) is 10.2 Å². The Hall–Kier alpha value is -3.68. The number of amides is 3. The highest BCUT2D eigenvalue weighted by Gasteiger charge is 2.36. The highest BCUT2D eigenvalue weighted by atomic mass is 16.6. The summed E-state index contributed by atoms with van der Waals surface area (Å²) < 4.78 is 10.4. The summed E-state index contributed by atoms with van der Waals surface area (Å²) >= 11 is 0. The molecule has 0 fully saturated rings. The van der Waals surface area contributed by atoms with Gasteiger partial charge in [0.2, 0.25) is 0 Å². The van der Waals surface area contributed by atoms with Crippen molar-refractivity contribution in [3.63, 3.8) is 0 Å². The van der Waals surface area contributed by atoms with Gasteiger partial charge in [0.15, 0.2) is 11.4 Å². The molecule has 4 rings (SSSR count). The number of ether oxygens (including phenoxy) is 1. The molecule has 0 aliphatic carbocycles. The Bertz CT molecular complexity index is 1090. The highest BCUT2D eigenvalue weighted by Crippen LogP contribution is 2.32. The Morgan fingerprint density at radius 3 is 2.32 bits per heavy atom. The SMILES string of the molecule is CC(C)(C)OC(=O)Nc1noc2ccc(N3C(=O)c4ccccc4C3=O)cc12. The lowest BCUT2D eigenvalue weighted by Crippen LogP contribution is -2.29. The maximum atomic E-state index is 12.7. The number of rotatable bonds is 2. The Morgan fingerprint density at radius 2 is 1.71 bits per heavy atom. The monoisotopic (exact) mass is 379 g/mol. The smallest absolute Gasteiger partial charge is 0.413 e. The van der Waals surface area contributed by atoms with Gasteiger partial charge < -0.3 is 9.26 Å². The molecule has 8 heteroatoms. The van der Waals surface area contributed by atoms with Crippen molar-refractivity contribution in [3.8, 4) is 0 Å². The van der Waals surface area contributed by atoms with Gasteiger partial charge in [0.05, 0.1) is 22.2 Å². The molecule has 0 radical (unpaired) electrons. The van der Waals surface area contributed by atoms with Crippen molar-refractivity contribution in [2.45, 2.75) is 26.4 Å². The molecule has 28 heavy (non-hydrogen) atoms. The zero-order valence-electron chi connectivity index (χ0n) is 15.5. The summed E-state index contributed by atoms with van der Waals surface area (Å²) in [5, 5.41) is 6.80. The van der Waals surface area contributed by atoms with Crippen molar-refractivity contribution < 1.29 is 23.6 Å². The Labute approximate surface area is 160 Å². The third kappa shape index (κ3) is 2.98. The molecule has 0 unspecified atom stereocenters. The number of hydrogen-bond donors (Lipinski definition) is 1. The van der Waals surface area contributed by atoms with Crippen LogP contribution >= 0.6 is 0 Å². The molecule has 2 heterocycles. The fourth-order valence-electron chi connectivity index (χ4n) is 2.98. The van der Waals surface area contributed by atoms with Gasteiger partial charge in [0.25, 0.3) is 11.8 Å². The molecule has 2 aromatic carbocycles. The van der Waals surface area contributed by atoms with E-state index in [4.69, 9.17) is 9.26 Å². The predicted octanol–water partition coefficient (Wildman–Crippen LogP) is 3.98. The van der Waals surface area contributed by atoms with Crippen molar-refractivity contribution in [2.24, 2.45) is 0 Å². The van der Waals surface area contributed by atoms with Crippen LogP contribution in [-0.4, -0.2) is 28.7 Å². The molecule has 0 saturated carbocycles. The Balaban J connectivity index is 1.68. The zero-order valence-corrected chi connectivity index (χ0v) is 15.5. The predicted molar refractivity (Wildman–Crippen MR) is 101 cm³/mol. The van der Waals surface area contributed by atoms with E-state index in [-0.39, 0.29) is 5.82 Å². The second-order valence-corrected chi connectivity index (χ2v) is 7.33. The summed E-state index contributed by atoms with van der Waals surface area (Å²) in [5.41, 5.74) is 0.783. The fraction of sp³-hybridized carbons (Fsp3) is 0.200. The van der Waals surface area contributed by atoms with Crippen LogP contribution in [0.3, 0.4) is 0 Å². The van der Waals surface area contributed by atoms with E-state index in [1.807, 2.05) is 0 Å². The number of anilines is 2. The number of benzene rings is 2. The average Bonchev–Trinajstić information content (AvgIpc) is 3.13. The molecular formula is C20H17N3O5. The Morgan fingerprint density at radius 1 is 1.07 bits per heavy atom. The van der Waals surface area contributed by atoms with Gasteiger partial charge in [-0.05, 0) is 51.1 Å². The van der Waals surface area contributed by atoms with Crippen molar-refractivity contribution in [3.05, 3.63) is 53.6 Å². The molecule has 3 aromatic rings. The largest absolute Gasteiger partial charge is 0.444 e. The number of aromatic nitrogens is 1. The van der Waals surface area contributed by atoms with E-state index in [0.717, 1.165) is 4.90 Å². The molecule has 8 nitrogen and oxygen atoms in total. The van der Waals surface area contributed by atoms with E-state index >= 15 is 0 Å². The number of nitrogens with zero attached hydrogens (tertiary/aromatic N) is 2. The normalized spacial score (nSPS) is 13.8. The van der Waals surface area contributed by atoms with Crippen LogP contribution in [-0.2, 0) is 4.74 Å². The van der Waals surface area contributed by atoms with Crippen LogP contribution in [0.25, 0.3) is 11.0 Å². The molecule has 0 saturated heterocycles. The maximum absolute atomic E-state index is 12.7. The number of hydrogen-bond acceptors (Lipinski definition) is 6. The van der Waals surface area contributed by atoms with Crippen LogP contribution < -0.4 is 10.2 Å². The lowest BCUT2D eigenvalue weighted by molar-refractivity contribution is 0.0634. The minimum Gasteiger partial charge on any atom is -0.444 e. The van der Waals surface area contributed by atoms with Gasteiger partial charge in [-0.1, -0.05) is 17.3 Å². The second kappa shape index (κ2) is 6.19. The van der Waals surface area contributed by atoms with Gasteiger partial charge in [-0.25, -0.2) is 9.69 Å². The number of nitrogens with one attached hydrogen (secondary N) is 1. The van der Waals surface area contributed by atoms with Gasteiger partial charge in [-0.3, -0.25) is 14.9 Å². The molecule has 1 aliphatic rings. The second-order valence-electron chi connectivity index (χ2n) is 7.33. The quantitative estimate of drug-likeness (QED) is 0.676. The summed E-state index contributed by atoms with van der Waals surface area (Å²) in [6.45, 7) is 5.23. The molecule has 1 N–H and O–H groups in total. The number of imide groups is 1. The van der Waals surface area contributed by atoms with Gasteiger partial charge in [-0.15, -0.1) is 0 Å².